The Balaban J connectivity index is 2.39. The third kappa shape index (κ3) is 3.32. The van der Waals surface area contributed by atoms with Crippen LogP contribution in [-0.4, -0.2) is 24.2 Å². The van der Waals surface area contributed by atoms with Gasteiger partial charge in [-0.15, -0.1) is 0 Å². The molecule has 0 aliphatic rings. The first-order valence-electron chi connectivity index (χ1n) is 4.29. The first-order valence-corrected chi connectivity index (χ1v) is 5.23. The van der Waals surface area contributed by atoms with Crippen molar-refractivity contribution in [3.05, 3.63) is 22.4 Å². The second-order valence-electron chi connectivity index (χ2n) is 3.17. The van der Waals surface area contributed by atoms with Gasteiger partial charge in [-0.25, -0.2) is 8.78 Å². The molecule has 0 saturated carbocycles. The lowest BCUT2D eigenvalue weighted by Gasteiger charge is -2.18. The maximum Gasteiger partial charge on any atom is 0.282 e. The Morgan fingerprint density at radius 1 is 1.64 bits per heavy atom. The van der Waals surface area contributed by atoms with Gasteiger partial charge >= 0.3 is 0 Å². The van der Waals surface area contributed by atoms with Crippen molar-refractivity contribution in [1.82, 2.24) is 5.32 Å². The molecule has 14 heavy (non-hydrogen) atoms. The van der Waals surface area contributed by atoms with Crippen LogP contribution >= 0.6 is 11.3 Å². The molecule has 0 bridgehead atoms. The molecule has 0 saturated heterocycles. The summed E-state index contributed by atoms with van der Waals surface area (Å²) in [5.41, 5.74) is 0.990. The zero-order valence-corrected chi connectivity index (χ0v) is 8.65. The Morgan fingerprint density at radius 2 is 2.36 bits per heavy atom. The second-order valence-corrected chi connectivity index (χ2v) is 3.95. The predicted octanol–water partition coefficient (Wildman–Crippen LogP) is 2.03. The average Bonchev–Trinajstić information content (AvgIpc) is 2.67. The van der Waals surface area contributed by atoms with Crippen molar-refractivity contribution in [2.45, 2.75) is 18.9 Å². The molecule has 0 radical (unpaired) electrons. The van der Waals surface area contributed by atoms with E-state index in [1.54, 1.807) is 0 Å². The fourth-order valence-corrected chi connectivity index (χ4v) is 1.75. The maximum absolute atomic E-state index is 12.6. The lowest BCUT2D eigenvalue weighted by molar-refractivity contribution is -0.0490. The molecule has 0 fully saturated rings. The monoisotopic (exact) mass is 221 g/mol. The quantitative estimate of drug-likeness (QED) is 0.797. The van der Waals surface area contributed by atoms with E-state index in [1.165, 1.54) is 11.3 Å². The molecule has 1 unspecified atom stereocenters. The van der Waals surface area contributed by atoms with Gasteiger partial charge in [0.15, 0.2) is 0 Å². The summed E-state index contributed by atoms with van der Waals surface area (Å²) in [5, 5.41) is 14.8. The number of alkyl halides is 2. The van der Waals surface area contributed by atoms with Crippen LogP contribution in [0.5, 0.6) is 0 Å². The van der Waals surface area contributed by atoms with Crippen LogP contribution in [0.1, 0.15) is 18.5 Å². The van der Waals surface area contributed by atoms with Crippen molar-refractivity contribution in [2.75, 3.05) is 13.2 Å². The van der Waals surface area contributed by atoms with Crippen LogP contribution in [0.15, 0.2) is 16.8 Å². The third-order valence-corrected chi connectivity index (χ3v) is 2.64. The van der Waals surface area contributed by atoms with Crippen LogP contribution in [-0.2, 0) is 0 Å². The molecule has 0 aromatic carbocycles. The van der Waals surface area contributed by atoms with Crippen molar-refractivity contribution in [2.24, 2.45) is 0 Å². The summed E-state index contributed by atoms with van der Waals surface area (Å²) in [6.07, 6.45) is 0. The zero-order valence-electron chi connectivity index (χ0n) is 7.84. The lowest BCUT2D eigenvalue weighted by Crippen LogP contribution is -2.36. The van der Waals surface area contributed by atoms with Gasteiger partial charge in [-0.3, -0.25) is 0 Å². The van der Waals surface area contributed by atoms with E-state index in [2.05, 4.69) is 5.32 Å². The topological polar surface area (TPSA) is 32.3 Å². The molecule has 2 nitrogen and oxygen atoms in total. The van der Waals surface area contributed by atoms with Crippen LogP contribution in [0.25, 0.3) is 0 Å². The number of halogens is 2. The zero-order chi connectivity index (χ0) is 10.6. The van der Waals surface area contributed by atoms with Gasteiger partial charge in [0.25, 0.3) is 5.92 Å². The highest BCUT2D eigenvalue weighted by atomic mass is 32.1. The Bertz CT molecular complexity index is 264. The molecular formula is C9H13F2NOS. The molecule has 5 heteroatoms. The summed E-state index contributed by atoms with van der Waals surface area (Å²) in [6, 6.07) is 1.78. The van der Waals surface area contributed by atoms with E-state index in [0.29, 0.717) is 0 Å². The highest BCUT2D eigenvalue weighted by molar-refractivity contribution is 7.07. The minimum Gasteiger partial charge on any atom is -0.390 e. The normalized spacial score (nSPS) is 14.3. The van der Waals surface area contributed by atoms with Gasteiger partial charge in [-0.05, 0) is 29.3 Å². The Labute approximate surface area is 85.6 Å². The van der Waals surface area contributed by atoms with E-state index < -0.39 is 19.1 Å². The van der Waals surface area contributed by atoms with Crippen LogP contribution in [0.4, 0.5) is 8.78 Å². The van der Waals surface area contributed by atoms with Crippen LogP contribution in [0, 0.1) is 0 Å². The molecular weight excluding hydrogens is 208 g/mol. The Hall–Kier alpha value is -0.520. The average molecular weight is 221 g/mol. The lowest BCUT2D eigenvalue weighted by atomic mass is 10.2. The molecule has 80 valence electrons. The fourth-order valence-electron chi connectivity index (χ4n) is 0.998. The SMILES string of the molecule is CC(NCC(F)(F)CO)c1ccsc1. The van der Waals surface area contributed by atoms with Gasteiger partial charge < -0.3 is 10.4 Å². The number of aliphatic hydroxyl groups is 1. The number of hydrogen-bond donors (Lipinski definition) is 2. The summed E-state index contributed by atoms with van der Waals surface area (Å²) in [6.45, 7) is 0.201. The molecule has 1 aromatic rings. The number of nitrogens with one attached hydrogen (secondary N) is 1. The highest BCUT2D eigenvalue weighted by Crippen LogP contribution is 2.17. The van der Waals surface area contributed by atoms with Crippen molar-refractivity contribution in [3.8, 4) is 0 Å². The van der Waals surface area contributed by atoms with Crippen LogP contribution < -0.4 is 5.32 Å². The summed E-state index contributed by atoms with van der Waals surface area (Å²) >= 11 is 1.53. The second kappa shape index (κ2) is 4.82. The van der Waals surface area contributed by atoms with E-state index in [1.807, 2.05) is 23.8 Å². The van der Waals surface area contributed by atoms with Gasteiger partial charge in [0.05, 0.1) is 6.54 Å². The fraction of sp³-hybridized carbons (Fsp3) is 0.556. The van der Waals surface area contributed by atoms with Crippen molar-refractivity contribution in [1.29, 1.82) is 0 Å². The minimum atomic E-state index is -3.04. The van der Waals surface area contributed by atoms with Crippen LogP contribution in [0.3, 0.4) is 0 Å². The van der Waals surface area contributed by atoms with Crippen LogP contribution in [0.2, 0.25) is 0 Å². The van der Waals surface area contributed by atoms with E-state index in [4.69, 9.17) is 5.11 Å². The van der Waals surface area contributed by atoms with Gasteiger partial charge in [-0.1, -0.05) is 0 Å². The van der Waals surface area contributed by atoms with E-state index in [9.17, 15) is 8.78 Å². The Morgan fingerprint density at radius 3 is 2.86 bits per heavy atom. The van der Waals surface area contributed by atoms with Gasteiger partial charge in [-0.2, -0.15) is 11.3 Å². The molecule has 1 heterocycles. The highest BCUT2D eigenvalue weighted by Gasteiger charge is 2.27. The van der Waals surface area contributed by atoms with E-state index >= 15 is 0 Å². The van der Waals surface area contributed by atoms with Gasteiger partial charge in [0.2, 0.25) is 0 Å². The summed E-state index contributed by atoms with van der Waals surface area (Å²) in [7, 11) is 0. The van der Waals surface area contributed by atoms with Crippen molar-refractivity contribution in [3.63, 3.8) is 0 Å². The molecule has 1 atom stereocenters. The standard InChI is InChI=1S/C9H13F2NOS/c1-7(8-2-3-14-4-8)12-5-9(10,11)6-13/h2-4,7,12-13H,5-6H2,1H3. The van der Waals surface area contributed by atoms with Gasteiger partial charge in [0.1, 0.15) is 6.61 Å². The minimum absolute atomic E-state index is 0.112. The molecule has 1 rings (SSSR count). The predicted molar refractivity (Wildman–Crippen MR) is 52.8 cm³/mol. The summed E-state index contributed by atoms with van der Waals surface area (Å²) in [5.74, 6) is -3.04. The number of aliphatic hydroxyl groups excluding tert-OH is 1. The van der Waals surface area contributed by atoms with E-state index in [-0.39, 0.29) is 6.04 Å². The van der Waals surface area contributed by atoms with Gasteiger partial charge in [0, 0.05) is 6.04 Å². The molecule has 0 spiro atoms. The first-order chi connectivity index (χ1) is 6.55. The molecule has 1 aromatic heterocycles. The Kier molecular flexibility index (Phi) is 3.97. The number of thiophene rings is 1. The number of hydrogen-bond acceptors (Lipinski definition) is 3. The van der Waals surface area contributed by atoms with Crippen molar-refractivity contribution < 1.29 is 13.9 Å². The number of rotatable bonds is 5. The molecule has 0 amide bonds. The first kappa shape index (κ1) is 11.6. The van der Waals surface area contributed by atoms with E-state index in [0.717, 1.165) is 5.56 Å². The summed E-state index contributed by atoms with van der Waals surface area (Å²) < 4.78 is 25.3. The molecule has 2 N–H and O–H groups in total. The maximum atomic E-state index is 12.6. The molecule has 0 aliphatic heterocycles. The molecule has 0 aliphatic carbocycles. The largest absolute Gasteiger partial charge is 0.390 e. The summed E-state index contributed by atoms with van der Waals surface area (Å²) in [4.78, 5) is 0. The smallest absolute Gasteiger partial charge is 0.282 e. The third-order valence-electron chi connectivity index (χ3n) is 1.94. The van der Waals surface area contributed by atoms with Crippen molar-refractivity contribution >= 4 is 11.3 Å².